The maximum Gasteiger partial charge on any atom is 0.323 e. The summed E-state index contributed by atoms with van der Waals surface area (Å²) >= 11 is 0. The Balaban J connectivity index is 2.69. The zero-order chi connectivity index (χ0) is 10.6. The van der Waals surface area contributed by atoms with E-state index in [9.17, 15) is 9.90 Å². The van der Waals surface area contributed by atoms with Gasteiger partial charge in [-0.15, -0.1) is 0 Å². The molecule has 0 amide bonds. The van der Waals surface area contributed by atoms with Crippen LogP contribution in [0.1, 0.15) is 26.7 Å². The molecule has 1 unspecified atom stereocenters. The van der Waals surface area contributed by atoms with E-state index in [2.05, 4.69) is 10.2 Å². The van der Waals surface area contributed by atoms with Crippen LogP contribution < -0.4 is 5.32 Å². The third-order valence-corrected chi connectivity index (χ3v) is 3.01. The molecule has 0 saturated carbocycles. The highest BCUT2D eigenvalue weighted by Gasteiger charge is 2.38. The number of nitrogens with one attached hydrogen (secondary N) is 1. The van der Waals surface area contributed by atoms with Crippen LogP contribution in [0.15, 0.2) is 0 Å². The van der Waals surface area contributed by atoms with E-state index in [1.807, 2.05) is 13.8 Å². The fourth-order valence-electron chi connectivity index (χ4n) is 2.05. The summed E-state index contributed by atoms with van der Waals surface area (Å²) in [6.45, 7) is 7.33. The minimum atomic E-state index is -0.693. The zero-order valence-corrected chi connectivity index (χ0v) is 9.05. The number of nitrogens with zero attached hydrogens (tertiary/aromatic N) is 1. The number of rotatable bonds is 4. The highest BCUT2D eigenvalue weighted by Crippen LogP contribution is 2.22. The summed E-state index contributed by atoms with van der Waals surface area (Å²) in [7, 11) is 0. The van der Waals surface area contributed by atoms with Crippen molar-refractivity contribution in [3.8, 4) is 0 Å². The van der Waals surface area contributed by atoms with Crippen molar-refractivity contribution >= 4 is 5.97 Å². The van der Waals surface area contributed by atoms with Crippen LogP contribution >= 0.6 is 0 Å². The molecule has 1 fully saturated rings. The molecule has 4 nitrogen and oxygen atoms in total. The molecule has 0 aromatic heterocycles. The van der Waals surface area contributed by atoms with Crippen molar-refractivity contribution in [1.29, 1.82) is 0 Å². The molecule has 82 valence electrons. The molecular weight excluding hydrogens is 180 g/mol. The van der Waals surface area contributed by atoms with E-state index < -0.39 is 11.5 Å². The predicted molar refractivity (Wildman–Crippen MR) is 55.4 cm³/mol. The molecule has 0 radical (unpaired) electrons. The van der Waals surface area contributed by atoms with Crippen LogP contribution in [0.4, 0.5) is 0 Å². The van der Waals surface area contributed by atoms with Gasteiger partial charge in [0.15, 0.2) is 0 Å². The minimum Gasteiger partial charge on any atom is -0.480 e. The lowest BCUT2D eigenvalue weighted by molar-refractivity contribution is -0.151. The molecule has 1 aliphatic heterocycles. The Labute approximate surface area is 85.3 Å². The molecule has 1 atom stereocenters. The first-order chi connectivity index (χ1) is 6.61. The number of aliphatic carboxylic acids is 1. The molecule has 0 bridgehead atoms. The number of hydrogen-bond acceptors (Lipinski definition) is 3. The highest BCUT2D eigenvalue weighted by atomic mass is 16.4. The van der Waals surface area contributed by atoms with Gasteiger partial charge >= 0.3 is 5.97 Å². The molecule has 0 aromatic carbocycles. The normalized spacial score (nSPS) is 23.0. The van der Waals surface area contributed by atoms with Gasteiger partial charge in [0, 0.05) is 26.2 Å². The van der Waals surface area contributed by atoms with Gasteiger partial charge < -0.3 is 10.4 Å². The summed E-state index contributed by atoms with van der Waals surface area (Å²) in [5, 5.41) is 12.5. The molecule has 2 N–H and O–H groups in total. The van der Waals surface area contributed by atoms with Crippen molar-refractivity contribution in [2.75, 3.05) is 26.2 Å². The summed E-state index contributed by atoms with van der Waals surface area (Å²) in [4.78, 5) is 13.3. The van der Waals surface area contributed by atoms with Crippen LogP contribution in [-0.4, -0.2) is 47.7 Å². The van der Waals surface area contributed by atoms with E-state index >= 15 is 0 Å². The van der Waals surface area contributed by atoms with Gasteiger partial charge in [-0.05, 0) is 13.3 Å². The third-order valence-electron chi connectivity index (χ3n) is 3.01. The van der Waals surface area contributed by atoms with Gasteiger partial charge in [-0.1, -0.05) is 13.3 Å². The number of piperazine rings is 1. The molecule has 0 aromatic rings. The van der Waals surface area contributed by atoms with Gasteiger partial charge in [0.05, 0.1) is 0 Å². The molecule has 1 heterocycles. The molecule has 0 aliphatic carbocycles. The Hall–Kier alpha value is -0.610. The van der Waals surface area contributed by atoms with E-state index in [0.717, 1.165) is 39.0 Å². The summed E-state index contributed by atoms with van der Waals surface area (Å²) < 4.78 is 0. The average molecular weight is 200 g/mol. The van der Waals surface area contributed by atoms with Crippen LogP contribution in [0.25, 0.3) is 0 Å². The maximum absolute atomic E-state index is 11.2. The van der Waals surface area contributed by atoms with Crippen LogP contribution in [0.3, 0.4) is 0 Å². The van der Waals surface area contributed by atoms with Gasteiger partial charge in [0.1, 0.15) is 5.54 Å². The second kappa shape index (κ2) is 4.75. The second-order valence-electron chi connectivity index (χ2n) is 4.07. The lowest BCUT2D eigenvalue weighted by Crippen LogP contribution is -2.58. The summed E-state index contributed by atoms with van der Waals surface area (Å²) in [6.07, 6.45) is 1.63. The fourth-order valence-corrected chi connectivity index (χ4v) is 2.05. The van der Waals surface area contributed by atoms with E-state index in [-0.39, 0.29) is 0 Å². The molecule has 0 spiro atoms. The topological polar surface area (TPSA) is 52.6 Å². The lowest BCUT2D eigenvalue weighted by Gasteiger charge is -2.40. The van der Waals surface area contributed by atoms with Gasteiger partial charge in [-0.25, -0.2) is 0 Å². The van der Waals surface area contributed by atoms with Crippen LogP contribution in [0, 0.1) is 0 Å². The summed E-state index contributed by atoms with van der Waals surface area (Å²) in [5.74, 6) is -0.693. The van der Waals surface area contributed by atoms with Gasteiger partial charge in [-0.2, -0.15) is 0 Å². The Bertz CT molecular complexity index is 202. The molecular formula is C10H20N2O2. The van der Waals surface area contributed by atoms with E-state index in [1.165, 1.54) is 0 Å². The fraction of sp³-hybridized carbons (Fsp3) is 0.900. The van der Waals surface area contributed by atoms with Crippen molar-refractivity contribution in [2.45, 2.75) is 32.2 Å². The Morgan fingerprint density at radius 3 is 2.50 bits per heavy atom. The van der Waals surface area contributed by atoms with Crippen molar-refractivity contribution < 1.29 is 9.90 Å². The monoisotopic (exact) mass is 200 g/mol. The number of carbonyl (C=O) groups is 1. The third kappa shape index (κ3) is 2.25. The van der Waals surface area contributed by atoms with Crippen LogP contribution in [-0.2, 0) is 4.79 Å². The second-order valence-corrected chi connectivity index (χ2v) is 4.07. The van der Waals surface area contributed by atoms with Crippen molar-refractivity contribution in [3.05, 3.63) is 0 Å². The highest BCUT2D eigenvalue weighted by molar-refractivity contribution is 5.78. The van der Waals surface area contributed by atoms with Gasteiger partial charge in [0.2, 0.25) is 0 Å². The first-order valence-corrected chi connectivity index (χ1v) is 5.30. The zero-order valence-electron chi connectivity index (χ0n) is 9.05. The molecule has 14 heavy (non-hydrogen) atoms. The molecule has 4 heteroatoms. The quantitative estimate of drug-likeness (QED) is 0.695. The largest absolute Gasteiger partial charge is 0.480 e. The van der Waals surface area contributed by atoms with Gasteiger partial charge in [-0.3, -0.25) is 9.69 Å². The smallest absolute Gasteiger partial charge is 0.323 e. The first kappa shape index (κ1) is 11.5. The van der Waals surface area contributed by atoms with E-state index in [4.69, 9.17) is 0 Å². The van der Waals surface area contributed by atoms with Crippen LogP contribution in [0.2, 0.25) is 0 Å². The standard InChI is InChI=1S/C10H20N2O2/c1-3-4-10(2,9(13)14)12-7-5-11-6-8-12/h11H,3-8H2,1-2H3,(H,13,14). The maximum atomic E-state index is 11.2. The summed E-state index contributed by atoms with van der Waals surface area (Å²) in [6, 6.07) is 0. The molecule has 1 rings (SSSR count). The Morgan fingerprint density at radius 1 is 1.50 bits per heavy atom. The number of carboxylic acid groups (broad SMARTS) is 1. The minimum absolute atomic E-state index is 0.670. The lowest BCUT2D eigenvalue weighted by atomic mass is 9.93. The molecule has 1 aliphatic rings. The Morgan fingerprint density at radius 2 is 2.07 bits per heavy atom. The average Bonchev–Trinajstić information content (AvgIpc) is 2.19. The molecule has 1 saturated heterocycles. The van der Waals surface area contributed by atoms with E-state index in [1.54, 1.807) is 0 Å². The number of hydrogen-bond donors (Lipinski definition) is 2. The van der Waals surface area contributed by atoms with Crippen molar-refractivity contribution in [3.63, 3.8) is 0 Å². The van der Waals surface area contributed by atoms with Gasteiger partial charge in [0.25, 0.3) is 0 Å². The van der Waals surface area contributed by atoms with Crippen LogP contribution in [0.5, 0.6) is 0 Å². The Kier molecular flexibility index (Phi) is 3.89. The summed E-state index contributed by atoms with van der Waals surface area (Å²) in [5.41, 5.74) is -0.670. The SMILES string of the molecule is CCCC(C)(C(=O)O)N1CCNCC1. The van der Waals surface area contributed by atoms with E-state index in [0.29, 0.717) is 0 Å². The first-order valence-electron chi connectivity index (χ1n) is 5.30. The van der Waals surface area contributed by atoms with Crippen molar-refractivity contribution in [1.82, 2.24) is 10.2 Å². The van der Waals surface area contributed by atoms with Crippen molar-refractivity contribution in [2.24, 2.45) is 0 Å². The number of carboxylic acids is 1. The predicted octanol–water partition coefficient (Wildman–Crippen LogP) is 0.535.